The van der Waals surface area contributed by atoms with Gasteiger partial charge in [-0.25, -0.2) is 4.39 Å². The highest BCUT2D eigenvalue weighted by Gasteiger charge is 2.24. The molecule has 3 nitrogen and oxygen atoms in total. The highest BCUT2D eigenvalue weighted by molar-refractivity contribution is 7.84. The number of benzene rings is 1. The van der Waals surface area contributed by atoms with Gasteiger partial charge in [0.05, 0.1) is 22.3 Å². The Hall–Kier alpha value is -0.780. The quantitative estimate of drug-likeness (QED) is 0.836. The molecule has 0 saturated carbocycles. The number of ether oxygens (including phenoxy) is 1. The van der Waals surface area contributed by atoms with E-state index < -0.39 is 10.8 Å². The minimum Gasteiger partial charge on any atom is -0.383 e. The molecule has 1 aliphatic rings. The zero-order valence-corrected chi connectivity index (χ0v) is 12.9. The first-order valence-corrected chi connectivity index (χ1v) is 8.52. The average molecular weight is 299 g/mol. The maximum Gasteiger partial charge on any atom is 0.142 e. The molecule has 0 aromatic heterocycles. The van der Waals surface area contributed by atoms with Crippen molar-refractivity contribution in [1.29, 1.82) is 0 Å². The van der Waals surface area contributed by atoms with Gasteiger partial charge in [0.1, 0.15) is 5.82 Å². The SMILES string of the molecule is COCCN1CCC(c2cccc(S(C)=O)c2F)CC1. The molecule has 20 heavy (non-hydrogen) atoms. The summed E-state index contributed by atoms with van der Waals surface area (Å²) in [5, 5.41) is 0. The molecule has 0 N–H and O–H groups in total. The maximum absolute atomic E-state index is 14.4. The molecule has 5 heteroatoms. The summed E-state index contributed by atoms with van der Waals surface area (Å²) >= 11 is 0. The number of hydrogen-bond donors (Lipinski definition) is 0. The second-order valence-corrected chi connectivity index (χ2v) is 6.57. The topological polar surface area (TPSA) is 29.5 Å². The molecular formula is C15H22FNO2S. The Labute approximate surface area is 122 Å². The predicted octanol–water partition coefficient (Wildman–Crippen LogP) is 2.39. The molecule has 1 unspecified atom stereocenters. The molecule has 1 aromatic carbocycles. The van der Waals surface area contributed by atoms with Crippen molar-refractivity contribution in [2.75, 3.05) is 39.6 Å². The molecule has 1 aromatic rings. The minimum absolute atomic E-state index is 0.234. The lowest BCUT2D eigenvalue weighted by Gasteiger charge is -2.32. The number of halogens is 1. The van der Waals surface area contributed by atoms with E-state index >= 15 is 0 Å². The van der Waals surface area contributed by atoms with Crippen LogP contribution in [0.5, 0.6) is 0 Å². The lowest BCUT2D eigenvalue weighted by molar-refractivity contribution is 0.130. The third-order valence-electron chi connectivity index (χ3n) is 3.94. The molecule has 0 bridgehead atoms. The first kappa shape index (κ1) is 15.6. The number of rotatable bonds is 5. The smallest absolute Gasteiger partial charge is 0.142 e. The molecular weight excluding hydrogens is 277 g/mol. The number of hydrogen-bond acceptors (Lipinski definition) is 3. The van der Waals surface area contributed by atoms with Gasteiger partial charge >= 0.3 is 0 Å². The van der Waals surface area contributed by atoms with Crippen molar-refractivity contribution in [2.45, 2.75) is 23.7 Å². The highest BCUT2D eigenvalue weighted by atomic mass is 32.2. The van der Waals surface area contributed by atoms with Gasteiger partial charge in [-0.1, -0.05) is 12.1 Å². The van der Waals surface area contributed by atoms with Crippen molar-refractivity contribution in [1.82, 2.24) is 4.90 Å². The van der Waals surface area contributed by atoms with Crippen LogP contribution in [-0.4, -0.2) is 48.7 Å². The number of likely N-dealkylation sites (tertiary alicyclic amines) is 1. The van der Waals surface area contributed by atoms with Crippen LogP contribution in [-0.2, 0) is 15.5 Å². The van der Waals surface area contributed by atoms with Crippen molar-refractivity contribution >= 4 is 10.8 Å². The highest BCUT2D eigenvalue weighted by Crippen LogP contribution is 2.31. The van der Waals surface area contributed by atoms with E-state index in [1.54, 1.807) is 13.2 Å². The Morgan fingerprint density at radius 3 is 2.70 bits per heavy atom. The largest absolute Gasteiger partial charge is 0.383 e. The van der Waals surface area contributed by atoms with Crippen molar-refractivity contribution in [3.05, 3.63) is 29.6 Å². The van der Waals surface area contributed by atoms with E-state index in [0.29, 0.717) is 4.90 Å². The maximum atomic E-state index is 14.4. The van der Waals surface area contributed by atoms with Crippen molar-refractivity contribution in [2.24, 2.45) is 0 Å². The number of methoxy groups -OCH3 is 1. The van der Waals surface area contributed by atoms with Crippen molar-refractivity contribution in [3.8, 4) is 0 Å². The minimum atomic E-state index is -1.27. The normalized spacial score (nSPS) is 19.1. The molecule has 1 atom stereocenters. The van der Waals surface area contributed by atoms with Crippen LogP contribution in [0.2, 0.25) is 0 Å². The van der Waals surface area contributed by atoms with Crippen LogP contribution in [0.25, 0.3) is 0 Å². The van der Waals surface area contributed by atoms with E-state index in [2.05, 4.69) is 4.90 Å². The molecule has 1 saturated heterocycles. The summed E-state index contributed by atoms with van der Waals surface area (Å²) in [6.07, 6.45) is 3.41. The van der Waals surface area contributed by atoms with Crippen molar-refractivity contribution in [3.63, 3.8) is 0 Å². The van der Waals surface area contributed by atoms with Crippen LogP contribution in [0.3, 0.4) is 0 Å². The first-order valence-electron chi connectivity index (χ1n) is 6.96. The van der Waals surface area contributed by atoms with Crippen LogP contribution < -0.4 is 0 Å². The van der Waals surface area contributed by atoms with E-state index in [1.807, 2.05) is 12.1 Å². The fraction of sp³-hybridized carbons (Fsp3) is 0.600. The lowest BCUT2D eigenvalue weighted by Crippen LogP contribution is -2.35. The predicted molar refractivity (Wildman–Crippen MR) is 79.0 cm³/mol. The third kappa shape index (κ3) is 3.65. The van der Waals surface area contributed by atoms with Gasteiger partial charge in [-0.3, -0.25) is 4.21 Å². The molecule has 0 radical (unpaired) electrons. The van der Waals surface area contributed by atoms with E-state index in [-0.39, 0.29) is 11.7 Å². The Morgan fingerprint density at radius 1 is 1.40 bits per heavy atom. The standard InChI is InChI=1S/C15H22FNO2S/c1-19-11-10-17-8-6-12(7-9-17)13-4-3-5-14(15(13)16)20(2)18/h3-5,12H,6-11H2,1-2H3. The van der Waals surface area contributed by atoms with Crippen LogP contribution in [0.15, 0.2) is 23.1 Å². The first-order chi connectivity index (χ1) is 9.63. The number of nitrogens with zero attached hydrogens (tertiary/aromatic N) is 1. The van der Waals surface area contributed by atoms with Crippen LogP contribution in [0.4, 0.5) is 4.39 Å². The molecule has 112 valence electrons. The van der Waals surface area contributed by atoms with Gasteiger partial charge in [0, 0.05) is 19.9 Å². The Morgan fingerprint density at radius 2 is 2.10 bits per heavy atom. The second-order valence-electron chi connectivity index (χ2n) is 5.22. The lowest BCUT2D eigenvalue weighted by atomic mass is 9.89. The van der Waals surface area contributed by atoms with Gasteiger partial charge < -0.3 is 9.64 Å². The summed E-state index contributed by atoms with van der Waals surface area (Å²) in [6.45, 7) is 3.61. The van der Waals surface area contributed by atoms with Gasteiger partial charge in [-0.05, 0) is 43.5 Å². The van der Waals surface area contributed by atoms with Gasteiger partial charge in [0.15, 0.2) is 0 Å². The second kappa shape index (κ2) is 7.29. The molecule has 0 spiro atoms. The van der Waals surface area contributed by atoms with Crippen LogP contribution in [0, 0.1) is 5.82 Å². The summed E-state index contributed by atoms with van der Waals surface area (Å²) in [6, 6.07) is 5.26. The molecule has 2 rings (SSSR count). The third-order valence-corrected chi connectivity index (χ3v) is 4.88. The van der Waals surface area contributed by atoms with Crippen molar-refractivity contribution < 1.29 is 13.3 Å². The van der Waals surface area contributed by atoms with Gasteiger partial charge in [0.25, 0.3) is 0 Å². The van der Waals surface area contributed by atoms with E-state index in [4.69, 9.17) is 4.74 Å². The van der Waals surface area contributed by atoms with Gasteiger partial charge in [0.2, 0.25) is 0 Å². The zero-order valence-electron chi connectivity index (χ0n) is 12.1. The summed E-state index contributed by atoms with van der Waals surface area (Å²) in [5.74, 6) is -0.0408. The summed E-state index contributed by atoms with van der Waals surface area (Å²) in [7, 11) is 0.438. The fourth-order valence-corrected chi connectivity index (χ4v) is 3.39. The van der Waals surface area contributed by atoms with E-state index in [1.165, 1.54) is 6.26 Å². The Kier molecular flexibility index (Phi) is 5.69. The van der Waals surface area contributed by atoms with Gasteiger partial charge in [-0.15, -0.1) is 0 Å². The average Bonchev–Trinajstić information content (AvgIpc) is 2.46. The Balaban J connectivity index is 2.04. The van der Waals surface area contributed by atoms with Crippen LogP contribution in [0.1, 0.15) is 24.3 Å². The summed E-state index contributed by atoms with van der Waals surface area (Å²) < 4.78 is 31.0. The van der Waals surface area contributed by atoms with E-state index in [0.717, 1.165) is 44.6 Å². The van der Waals surface area contributed by atoms with E-state index in [9.17, 15) is 8.60 Å². The molecule has 0 amide bonds. The van der Waals surface area contributed by atoms with Crippen LogP contribution >= 0.6 is 0 Å². The van der Waals surface area contributed by atoms with Gasteiger partial charge in [-0.2, -0.15) is 0 Å². The molecule has 1 aliphatic heterocycles. The zero-order chi connectivity index (χ0) is 14.5. The Bertz CT molecular complexity index is 473. The summed E-state index contributed by atoms with van der Waals surface area (Å²) in [5.41, 5.74) is 0.726. The molecule has 0 aliphatic carbocycles. The molecule has 1 fully saturated rings. The number of piperidine rings is 1. The summed E-state index contributed by atoms with van der Waals surface area (Å²) in [4.78, 5) is 2.67. The molecule has 1 heterocycles. The monoisotopic (exact) mass is 299 g/mol. The fourth-order valence-electron chi connectivity index (χ4n) is 2.75.